The molecule has 0 radical (unpaired) electrons. The highest BCUT2D eigenvalue weighted by molar-refractivity contribution is 5.85. The van der Waals surface area contributed by atoms with Gasteiger partial charge in [-0.25, -0.2) is 4.79 Å². The van der Waals surface area contributed by atoms with E-state index in [1.54, 1.807) is 6.92 Å². The van der Waals surface area contributed by atoms with E-state index in [2.05, 4.69) is 4.74 Å². The third kappa shape index (κ3) is 5.84. The topological polar surface area (TPSA) is 63.6 Å². The average molecular weight is 190 g/mol. The second-order valence-corrected chi connectivity index (χ2v) is 2.20. The van der Waals surface area contributed by atoms with Crippen molar-refractivity contribution in [2.24, 2.45) is 0 Å². The van der Waals surface area contributed by atoms with Gasteiger partial charge in [0.1, 0.15) is 0 Å². The Morgan fingerprint density at radius 3 is 2.62 bits per heavy atom. The van der Waals surface area contributed by atoms with E-state index in [1.807, 2.05) is 0 Å². The van der Waals surface area contributed by atoms with Crippen LogP contribution >= 0.6 is 0 Å². The molecular formula is C8H11FO4. The Bertz CT molecular complexity index is 222. The molecule has 0 saturated carbocycles. The molecule has 0 spiro atoms. The van der Waals surface area contributed by atoms with Gasteiger partial charge in [-0.15, -0.1) is 0 Å². The van der Waals surface area contributed by atoms with Crippen molar-refractivity contribution in [3.63, 3.8) is 0 Å². The Balaban J connectivity index is 3.87. The van der Waals surface area contributed by atoms with Crippen molar-refractivity contribution in [1.82, 2.24) is 0 Å². The minimum absolute atomic E-state index is 0.0139. The molecule has 0 aliphatic heterocycles. The third-order valence-electron chi connectivity index (χ3n) is 1.15. The van der Waals surface area contributed by atoms with Crippen molar-refractivity contribution in [1.29, 1.82) is 0 Å². The van der Waals surface area contributed by atoms with E-state index in [0.717, 1.165) is 6.08 Å². The summed E-state index contributed by atoms with van der Waals surface area (Å²) in [6.07, 6.45) is 0.693. The van der Waals surface area contributed by atoms with E-state index in [4.69, 9.17) is 5.11 Å². The minimum atomic E-state index is -1.05. The van der Waals surface area contributed by atoms with Crippen molar-refractivity contribution in [3.8, 4) is 0 Å². The van der Waals surface area contributed by atoms with Gasteiger partial charge in [-0.05, 0) is 19.4 Å². The van der Waals surface area contributed by atoms with Crippen LogP contribution in [0.1, 0.15) is 19.8 Å². The van der Waals surface area contributed by atoms with Gasteiger partial charge in [0.15, 0.2) is 0 Å². The fourth-order valence-corrected chi connectivity index (χ4v) is 0.606. The molecule has 0 saturated heterocycles. The van der Waals surface area contributed by atoms with E-state index in [-0.39, 0.29) is 19.4 Å². The number of ether oxygens (including phenoxy) is 1. The number of allylic oxidation sites excluding steroid dienone is 1. The fraction of sp³-hybridized carbons (Fsp3) is 0.500. The van der Waals surface area contributed by atoms with E-state index in [0.29, 0.717) is 0 Å². The Kier molecular flexibility index (Phi) is 5.50. The van der Waals surface area contributed by atoms with Crippen LogP contribution in [0.5, 0.6) is 0 Å². The highest BCUT2D eigenvalue weighted by Crippen LogP contribution is 2.03. The zero-order valence-electron chi connectivity index (χ0n) is 7.25. The average Bonchev–Trinajstić information content (AvgIpc) is 2.04. The standard InChI is InChI=1S/C8H11FO4/c1-2-13-8(12)6(9)4-3-5-7(10)11/h4H,2-3,5H2,1H3,(H,10,11). The van der Waals surface area contributed by atoms with Gasteiger partial charge in [-0.1, -0.05) is 0 Å². The van der Waals surface area contributed by atoms with Crippen molar-refractivity contribution in [2.75, 3.05) is 6.61 Å². The summed E-state index contributed by atoms with van der Waals surface area (Å²) in [6.45, 7) is 1.65. The lowest BCUT2D eigenvalue weighted by molar-refractivity contribution is -0.140. The lowest BCUT2D eigenvalue weighted by atomic mass is 10.3. The molecule has 0 rings (SSSR count). The molecule has 4 nitrogen and oxygen atoms in total. The van der Waals surface area contributed by atoms with Gasteiger partial charge in [0, 0.05) is 6.42 Å². The lowest BCUT2D eigenvalue weighted by Crippen LogP contribution is -2.04. The molecule has 0 aromatic carbocycles. The molecule has 0 aromatic rings. The fourth-order valence-electron chi connectivity index (χ4n) is 0.606. The minimum Gasteiger partial charge on any atom is -0.481 e. The Morgan fingerprint density at radius 1 is 1.54 bits per heavy atom. The van der Waals surface area contributed by atoms with E-state index in [9.17, 15) is 14.0 Å². The number of hydrogen-bond donors (Lipinski definition) is 1. The molecule has 0 aromatic heterocycles. The summed E-state index contributed by atoms with van der Waals surface area (Å²) in [4.78, 5) is 20.6. The highest BCUT2D eigenvalue weighted by atomic mass is 19.1. The number of rotatable bonds is 5. The monoisotopic (exact) mass is 190 g/mol. The predicted octanol–water partition coefficient (Wildman–Crippen LogP) is 1.27. The Morgan fingerprint density at radius 2 is 2.15 bits per heavy atom. The lowest BCUT2D eigenvalue weighted by Gasteiger charge is -1.97. The number of esters is 1. The summed E-state index contributed by atoms with van der Waals surface area (Å²) in [5.74, 6) is -3.12. The summed E-state index contributed by atoms with van der Waals surface area (Å²) in [6, 6.07) is 0. The summed E-state index contributed by atoms with van der Waals surface area (Å²) < 4.78 is 17.0. The zero-order chi connectivity index (χ0) is 10.3. The second-order valence-electron chi connectivity index (χ2n) is 2.20. The van der Waals surface area contributed by atoms with Gasteiger partial charge in [-0.2, -0.15) is 4.39 Å². The zero-order valence-corrected chi connectivity index (χ0v) is 7.25. The van der Waals surface area contributed by atoms with Crippen LogP contribution in [0.4, 0.5) is 4.39 Å². The van der Waals surface area contributed by atoms with Crippen molar-refractivity contribution in [3.05, 3.63) is 11.9 Å². The van der Waals surface area contributed by atoms with Crippen LogP contribution in [0.2, 0.25) is 0 Å². The number of halogens is 1. The highest BCUT2D eigenvalue weighted by Gasteiger charge is 2.08. The molecule has 0 amide bonds. The molecule has 74 valence electrons. The van der Waals surface area contributed by atoms with Crippen LogP contribution in [-0.2, 0) is 14.3 Å². The molecule has 0 fully saturated rings. The van der Waals surface area contributed by atoms with Crippen LogP contribution in [-0.4, -0.2) is 23.7 Å². The predicted molar refractivity (Wildman–Crippen MR) is 42.7 cm³/mol. The van der Waals surface area contributed by atoms with E-state index in [1.165, 1.54) is 0 Å². The summed E-state index contributed by atoms with van der Waals surface area (Å²) in [7, 11) is 0. The quantitative estimate of drug-likeness (QED) is 0.523. The summed E-state index contributed by atoms with van der Waals surface area (Å²) in [5.41, 5.74) is 0. The maximum absolute atomic E-state index is 12.6. The molecule has 0 bridgehead atoms. The van der Waals surface area contributed by atoms with Gasteiger partial charge in [-0.3, -0.25) is 4.79 Å². The SMILES string of the molecule is CCOC(=O)C(F)=CCCC(=O)O. The molecule has 0 aliphatic carbocycles. The van der Waals surface area contributed by atoms with Crippen molar-refractivity contribution < 1.29 is 23.8 Å². The maximum atomic E-state index is 12.6. The number of carboxylic acids is 1. The third-order valence-corrected chi connectivity index (χ3v) is 1.15. The number of carbonyl (C=O) groups excluding carboxylic acids is 1. The molecule has 5 heteroatoms. The van der Waals surface area contributed by atoms with Crippen LogP contribution in [0.15, 0.2) is 11.9 Å². The van der Waals surface area contributed by atoms with Crippen LogP contribution in [0.3, 0.4) is 0 Å². The van der Waals surface area contributed by atoms with E-state index >= 15 is 0 Å². The van der Waals surface area contributed by atoms with Gasteiger partial charge in [0.2, 0.25) is 5.83 Å². The number of carboxylic acid groups (broad SMARTS) is 1. The van der Waals surface area contributed by atoms with Crippen LogP contribution in [0.25, 0.3) is 0 Å². The van der Waals surface area contributed by atoms with Gasteiger partial charge >= 0.3 is 11.9 Å². The normalized spacial score (nSPS) is 11.1. The van der Waals surface area contributed by atoms with Crippen molar-refractivity contribution in [2.45, 2.75) is 19.8 Å². The first-order valence-corrected chi connectivity index (χ1v) is 3.82. The van der Waals surface area contributed by atoms with Crippen LogP contribution < -0.4 is 0 Å². The van der Waals surface area contributed by atoms with Gasteiger partial charge in [0.05, 0.1) is 6.61 Å². The molecule has 0 atom stereocenters. The molecule has 0 aliphatic rings. The number of aliphatic carboxylic acids is 1. The maximum Gasteiger partial charge on any atom is 0.366 e. The Hall–Kier alpha value is -1.39. The van der Waals surface area contributed by atoms with Gasteiger partial charge < -0.3 is 9.84 Å². The first-order chi connectivity index (χ1) is 6.07. The molecular weight excluding hydrogens is 179 g/mol. The molecule has 1 N–H and O–H groups in total. The largest absolute Gasteiger partial charge is 0.481 e. The molecule has 0 unspecified atom stereocenters. The summed E-state index contributed by atoms with van der Waals surface area (Å²) >= 11 is 0. The molecule has 0 heterocycles. The number of carbonyl (C=O) groups is 2. The number of hydrogen-bond acceptors (Lipinski definition) is 3. The van der Waals surface area contributed by atoms with Crippen LogP contribution in [0, 0.1) is 0 Å². The molecule has 13 heavy (non-hydrogen) atoms. The van der Waals surface area contributed by atoms with E-state index < -0.39 is 17.8 Å². The Labute approximate surface area is 75.0 Å². The second kappa shape index (κ2) is 6.16. The first-order valence-electron chi connectivity index (χ1n) is 3.82. The van der Waals surface area contributed by atoms with Gasteiger partial charge in [0.25, 0.3) is 0 Å². The smallest absolute Gasteiger partial charge is 0.366 e. The summed E-state index contributed by atoms with van der Waals surface area (Å²) in [5, 5.41) is 8.20. The first kappa shape index (κ1) is 11.6. The van der Waals surface area contributed by atoms with Crippen molar-refractivity contribution >= 4 is 11.9 Å².